The number of rotatable bonds is 1. The smallest absolute Gasteiger partial charge is 0.0728 e. The summed E-state index contributed by atoms with van der Waals surface area (Å²) in [6, 6.07) is 0. The molecule has 0 aromatic carbocycles. The van der Waals surface area contributed by atoms with Gasteiger partial charge in [0.1, 0.15) is 0 Å². The summed E-state index contributed by atoms with van der Waals surface area (Å²) in [5, 5.41) is 8.44. The fourth-order valence-corrected chi connectivity index (χ4v) is 0. The molecule has 6 heavy (non-hydrogen) atoms. The van der Waals surface area contributed by atoms with Gasteiger partial charge in [-0.3, -0.25) is 0 Å². The average Bonchev–Trinajstić information content (AvgIpc) is 1.35. The Morgan fingerprint density at radius 3 is 1.50 bits per heavy atom. The zero-order chi connectivity index (χ0) is 5.21. The summed E-state index contributed by atoms with van der Waals surface area (Å²) in [5.41, 5.74) is 0. The first-order valence-corrected chi connectivity index (χ1v) is 4.86. The van der Waals surface area contributed by atoms with Crippen molar-refractivity contribution in [2.45, 2.75) is 0 Å². The van der Waals surface area contributed by atoms with E-state index in [1.165, 1.54) is 0 Å². The SMILES string of the molecule is CS(C)(C)CO. The summed E-state index contributed by atoms with van der Waals surface area (Å²) in [4.78, 5) is 0. The van der Waals surface area contributed by atoms with Gasteiger partial charge in [0.05, 0.1) is 5.94 Å². The number of aliphatic hydroxyl groups is 1. The first kappa shape index (κ1) is 6.31. The van der Waals surface area contributed by atoms with Gasteiger partial charge in [-0.2, -0.15) is 0 Å². The van der Waals surface area contributed by atoms with E-state index in [2.05, 4.69) is 18.8 Å². The molecule has 0 aliphatic heterocycles. The molecule has 1 nitrogen and oxygen atoms in total. The highest BCUT2D eigenvalue weighted by Gasteiger charge is 1.96. The van der Waals surface area contributed by atoms with Gasteiger partial charge in [0.2, 0.25) is 0 Å². The van der Waals surface area contributed by atoms with Crippen molar-refractivity contribution in [1.29, 1.82) is 0 Å². The molecule has 0 amide bonds. The summed E-state index contributed by atoms with van der Waals surface area (Å²) in [6.45, 7) is 0. The van der Waals surface area contributed by atoms with Gasteiger partial charge >= 0.3 is 0 Å². The first-order valence-electron chi connectivity index (χ1n) is 1.83. The molecule has 0 saturated heterocycles. The lowest BCUT2D eigenvalue weighted by Gasteiger charge is -2.20. The number of hydrogen-bond donors (Lipinski definition) is 1. The third-order valence-corrected chi connectivity index (χ3v) is 1.16. The Labute approximate surface area is 40.7 Å². The van der Waals surface area contributed by atoms with Crippen LogP contribution in [0.4, 0.5) is 0 Å². The van der Waals surface area contributed by atoms with Crippen LogP contribution in [0.1, 0.15) is 0 Å². The molecule has 0 heterocycles. The van der Waals surface area contributed by atoms with E-state index in [1.54, 1.807) is 0 Å². The van der Waals surface area contributed by atoms with Crippen molar-refractivity contribution in [1.82, 2.24) is 0 Å². The van der Waals surface area contributed by atoms with Gasteiger partial charge in [-0.05, 0) is 18.8 Å². The Morgan fingerprint density at radius 1 is 1.33 bits per heavy atom. The van der Waals surface area contributed by atoms with Crippen molar-refractivity contribution in [2.75, 3.05) is 24.7 Å². The number of hydrogen-bond acceptors (Lipinski definition) is 1. The van der Waals surface area contributed by atoms with Crippen molar-refractivity contribution < 1.29 is 5.11 Å². The van der Waals surface area contributed by atoms with E-state index >= 15 is 0 Å². The second-order valence-corrected chi connectivity index (χ2v) is 6.66. The Bertz CT molecular complexity index is 37.3. The molecule has 0 aromatic heterocycles. The minimum Gasteiger partial charge on any atom is -0.387 e. The fourth-order valence-electron chi connectivity index (χ4n) is 0. The summed E-state index contributed by atoms with van der Waals surface area (Å²) in [6.07, 6.45) is 6.23. The minimum atomic E-state index is -0.606. The maximum atomic E-state index is 8.44. The van der Waals surface area contributed by atoms with Gasteiger partial charge in [0, 0.05) is 0 Å². The summed E-state index contributed by atoms with van der Waals surface area (Å²) >= 11 is 0. The van der Waals surface area contributed by atoms with Gasteiger partial charge in [0.25, 0.3) is 0 Å². The van der Waals surface area contributed by atoms with Gasteiger partial charge in [-0.15, -0.1) is 0 Å². The van der Waals surface area contributed by atoms with Crippen LogP contribution in [0.3, 0.4) is 0 Å². The van der Waals surface area contributed by atoms with E-state index in [0.717, 1.165) is 0 Å². The van der Waals surface area contributed by atoms with Crippen molar-refractivity contribution in [2.24, 2.45) is 0 Å². The summed E-state index contributed by atoms with van der Waals surface area (Å²) < 4.78 is 0. The Hall–Kier alpha value is 0.310. The largest absolute Gasteiger partial charge is 0.387 e. The molecule has 0 aromatic rings. The molecule has 1 N–H and O–H groups in total. The lowest BCUT2D eigenvalue weighted by Crippen LogP contribution is -1.95. The van der Waals surface area contributed by atoms with E-state index in [9.17, 15) is 0 Å². The van der Waals surface area contributed by atoms with Crippen LogP contribution in [0.2, 0.25) is 0 Å². The van der Waals surface area contributed by atoms with Crippen molar-refractivity contribution in [3.8, 4) is 0 Å². The molecule has 0 unspecified atom stereocenters. The lowest BCUT2D eigenvalue weighted by atomic mass is 11.7. The molecule has 0 rings (SSSR count). The van der Waals surface area contributed by atoms with Crippen molar-refractivity contribution >= 4 is 10.0 Å². The highest BCUT2D eigenvalue weighted by molar-refractivity contribution is 8.32. The van der Waals surface area contributed by atoms with Crippen LogP contribution in [0.25, 0.3) is 0 Å². The molecule has 0 atom stereocenters. The van der Waals surface area contributed by atoms with E-state index in [-0.39, 0.29) is 0 Å². The van der Waals surface area contributed by atoms with Crippen LogP contribution in [0, 0.1) is 0 Å². The van der Waals surface area contributed by atoms with Crippen LogP contribution in [-0.2, 0) is 0 Å². The molecule has 0 aliphatic rings. The van der Waals surface area contributed by atoms with Crippen LogP contribution < -0.4 is 0 Å². The highest BCUT2D eigenvalue weighted by atomic mass is 32.3. The zero-order valence-corrected chi connectivity index (χ0v) is 5.38. The second-order valence-electron chi connectivity index (χ2n) is 2.22. The van der Waals surface area contributed by atoms with Gasteiger partial charge in [-0.25, -0.2) is 10.0 Å². The molecular weight excluding hydrogens is 96.1 g/mol. The second kappa shape index (κ2) is 1.85. The van der Waals surface area contributed by atoms with Crippen molar-refractivity contribution in [3.63, 3.8) is 0 Å². The van der Waals surface area contributed by atoms with Gasteiger partial charge < -0.3 is 5.11 Å². The first-order chi connectivity index (χ1) is 2.56. The molecule has 0 fully saturated rings. The van der Waals surface area contributed by atoms with E-state index in [0.29, 0.717) is 5.94 Å². The van der Waals surface area contributed by atoms with Crippen molar-refractivity contribution in [3.05, 3.63) is 0 Å². The topological polar surface area (TPSA) is 20.2 Å². The normalized spacial score (nSPS) is 14.7. The summed E-state index contributed by atoms with van der Waals surface area (Å²) in [5.74, 6) is 0.354. The quantitative estimate of drug-likeness (QED) is 0.522. The van der Waals surface area contributed by atoms with Crippen LogP contribution >= 0.6 is 10.0 Å². The molecule has 40 valence electrons. The summed E-state index contributed by atoms with van der Waals surface area (Å²) in [7, 11) is -0.606. The third kappa shape index (κ3) is 4.31. The van der Waals surface area contributed by atoms with Crippen LogP contribution in [-0.4, -0.2) is 29.8 Å². The predicted molar refractivity (Wildman–Crippen MR) is 32.4 cm³/mol. The van der Waals surface area contributed by atoms with E-state index in [1.807, 2.05) is 0 Å². The molecular formula is C4H12OS. The maximum Gasteiger partial charge on any atom is 0.0728 e. The Kier molecular flexibility index (Phi) is 1.94. The highest BCUT2D eigenvalue weighted by Crippen LogP contribution is 2.31. The average molecular weight is 108 g/mol. The lowest BCUT2D eigenvalue weighted by molar-refractivity contribution is 0.372. The van der Waals surface area contributed by atoms with Gasteiger partial charge in [0.15, 0.2) is 0 Å². The third-order valence-electron chi connectivity index (χ3n) is 0.387. The fraction of sp³-hybridized carbons (Fsp3) is 1.00. The molecule has 2 heteroatoms. The van der Waals surface area contributed by atoms with Crippen LogP contribution in [0.5, 0.6) is 0 Å². The molecule has 0 spiro atoms. The molecule has 0 saturated carbocycles. The Morgan fingerprint density at radius 2 is 1.50 bits per heavy atom. The predicted octanol–water partition coefficient (Wildman–Crippen LogP) is 0.630. The van der Waals surface area contributed by atoms with Gasteiger partial charge in [-0.1, -0.05) is 0 Å². The molecule has 0 bridgehead atoms. The molecule has 0 radical (unpaired) electrons. The molecule has 0 aliphatic carbocycles. The number of aliphatic hydroxyl groups excluding tert-OH is 1. The van der Waals surface area contributed by atoms with E-state index in [4.69, 9.17) is 5.11 Å². The minimum absolute atomic E-state index is 0.354. The van der Waals surface area contributed by atoms with Crippen LogP contribution in [0.15, 0.2) is 0 Å². The Balaban J connectivity index is 3.17. The maximum absolute atomic E-state index is 8.44. The van der Waals surface area contributed by atoms with E-state index < -0.39 is 10.0 Å². The standard InChI is InChI=1S/C4H12OS/c1-6(2,3)4-5/h5H,4H2,1-3H3. The monoisotopic (exact) mass is 108 g/mol. The zero-order valence-electron chi connectivity index (χ0n) is 4.56.